The summed E-state index contributed by atoms with van der Waals surface area (Å²) in [6.45, 7) is 5.98. The van der Waals surface area contributed by atoms with Crippen LogP contribution < -0.4 is 5.32 Å². The van der Waals surface area contributed by atoms with Crippen molar-refractivity contribution in [2.45, 2.75) is 24.8 Å². The van der Waals surface area contributed by atoms with E-state index in [1.54, 1.807) is 11.8 Å². The Labute approximate surface area is 181 Å². The number of morpholine rings is 1. The topological polar surface area (TPSA) is 70.2 Å². The third-order valence-corrected chi connectivity index (χ3v) is 6.41. The molecule has 0 spiro atoms. The van der Waals surface area contributed by atoms with Gasteiger partial charge in [-0.3, -0.25) is 9.69 Å². The highest BCUT2D eigenvalue weighted by Crippen LogP contribution is 2.27. The summed E-state index contributed by atoms with van der Waals surface area (Å²) >= 11 is 1.58. The average molecular weight is 425 g/mol. The Bertz CT molecular complexity index is 929. The lowest BCUT2D eigenvalue weighted by Crippen LogP contribution is -2.47. The van der Waals surface area contributed by atoms with Crippen molar-refractivity contribution in [2.24, 2.45) is 0 Å². The second kappa shape index (κ2) is 10.1. The molecule has 6 nitrogen and oxygen atoms in total. The van der Waals surface area contributed by atoms with Gasteiger partial charge in [0.25, 0.3) is 0 Å². The van der Waals surface area contributed by atoms with Crippen LogP contribution in [0.2, 0.25) is 0 Å². The summed E-state index contributed by atoms with van der Waals surface area (Å²) in [5, 5.41) is 3.15. The summed E-state index contributed by atoms with van der Waals surface area (Å²) in [5.74, 6) is 1.34. The number of hydrogen-bond acceptors (Lipinski definition) is 5. The standard InChI is InChI=1S/C23H28N4O2S/c1-17(23-25-20-9-5-6-10-21(20)26-23)30-16-22(28)24-13-19-15-27(11-12-29-19)14-18-7-3-2-4-8-18/h2-10,17,19H,11-16H2,1H3,(H,24,28)(H,25,26). The third kappa shape index (κ3) is 5.62. The predicted molar refractivity (Wildman–Crippen MR) is 121 cm³/mol. The number of H-pyrrole nitrogens is 1. The molecule has 2 N–H and O–H groups in total. The minimum Gasteiger partial charge on any atom is -0.374 e. The molecule has 2 atom stereocenters. The fourth-order valence-corrected chi connectivity index (χ4v) is 4.39. The summed E-state index contributed by atoms with van der Waals surface area (Å²) in [7, 11) is 0. The zero-order valence-electron chi connectivity index (χ0n) is 17.2. The number of imidazole rings is 1. The molecule has 4 rings (SSSR count). The van der Waals surface area contributed by atoms with E-state index in [4.69, 9.17) is 4.74 Å². The van der Waals surface area contributed by atoms with Crippen molar-refractivity contribution in [3.63, 3.8) is 0 Å². The number of amides is 1. The second-order valence-electron chi connectivity index (χ2n) is 7.61. The van der Waals surface area contributed by atoms with Gasteiger partial charge in [0.1, 0.15) is 5.82 Å². The Morgan fingerprint density at radius 2 is 2.07 bits per heavy atom. The number of carbonyl (C=O) groups is 1. The van der Waals surface area contributed by atoms with Crippen molar-refractivity contribution in [2.75, 3.05) is 32.0 Å². The number of para-hydroxylation sites is 2. The van der Waals surface area contributed by atoms with Crippen LogP contribution in [-0.2, 0) is 16.1 Å². The molecule has 30 heavy (non-hydrogen) atoms. The third-order valence-electron chi connectivity index (χ3n) is 5.26. The van der Waals surface area contributed by atoms with Gasteiger partial charge >= 0.3 is 0 Å². The molecule has 0 saturated carbocycles. The van der Waals surface area contributed by atoms with Gasteiger partial charge in [-0.05, 0) is 24.6 Å². The number of nitrogens with one attached hydrogen (secondary N) is 2. The number of carbonyl (C=O) groups excluding carboxylic acids is 1. The monoisotopic (exact) mass is 424 g/mol. The number of ether oxygens (including phenoxy) is 1. The minimum absolute atomic E-state index is 0.0317. The van der Waals surface area contributed by atoms with E-state index in [0.717, 1.165) is 36.5 Å². The molecule has 1 aliphatic heterocycles. The van der Waals surface area contributed by atoms with Crippen LogP contribution in [0.15, 0.2) is 54.6 Å². The lowest BCUT2D eigenvalue weighted by atomic mass is 10.2. The van der Waals surface area contributed by atoms with Crippen LogP contribution >= 0.6 is 11.8 Å². The molecule has 158 valence electrons. The first-order valence-electron chi connectivity index (χ1n) is 10.4. The second-order valence-corrected chi connectivity index (χ2v) is 8.94. The summed E-state index contributed by atoms with van der Waals surface area (Å²) in [5.41, 5.74) is 3.29. The van der Waals surface area contributed by atoms with E-state index in [1.165, 1.54) is 5.56 Å². The number of rotatable bonds is 8. The van der Waals surface area contributed by atoms with E-state index >= 15 is 0 Å². The molecule has 1 saturated heterocycles. The van der Waals surface area contributed by atoms with Gasteiger partial charge in [-0.2, -0.15) is 0 Å². The van der Waals surface area contributed by atoms with Crippen LogP contribution in [0.4, 0.5) is 0 Å². The number of aromatic amines is 1. The van der Waals surface area contributed by atoms with Gasteiger partial charge in [-0.25, -0.2) is 4.98 Å². The summed E-state index contributed by atoms with van der Waals surface area (Å²) in [6.07, 6.45) is 0.0317. The van der Waals surface area contributed by atoms with E-state index in [0.29, 0.717) is 18.9 Å². The molecule has 1 amide bonds. The van der Waals surface area contributed by atoms with E-state index < -0.39 is 0 Å². The summed E-state index contributed by atoms with van der Waals surface area (Å²) < 4.78 is 5.85. The largest absolute Gasteiger partial charge is 0.374 e. The van der Waals surface area contributed by atoms with Gasteiger partial charge in [0.05, 0.1) is 34.7 Å². The molecule has 2 aromatic carbocycles. The molecular weight excluding hydrogens is 396 g/mol. The zero-order valence-corrected chi connectivity index (χ0v) is 18.0. The quantitative estimate of drug-likeness (QED) is 0.580. The SMILES string of the molecule is CC(SCC(=O)NCC1CN(Cc2ccccc2)CCO1)c1nc2ccccc2[nH]1. The maximum Gasteiger partial charge on any atom is 0.230 e. The van der Waals surface area contributed by atoms with Crippen molar-refractivity contribution in [1.29, 1.82) is 0 Å². The highest BCUT2D eigenvalue weighted by molar-refractivity contribution is 8.00. The van der Waals surface area contributed by atoms with Gasteiger partial charge in [0.15, 0.2) is 0 Å². The molecule has 1 aliphatic rings. The molecule has 3 aromatic rings. The number of nitrogens with zero attached hydrogens (tertiary/aromatic N) is 2. The van der Waals surface area contributed by atoms with Gasteiger partial charge in [-0.1, -0.05) is 42.5 Å². The van der Waals surface area contributed by atoms with Crippen molar-refractivity contribution >= 4 is 28.7 Å². The minimum atomic E-state index is 0.0317. The Morgan fingerprint density at radius 3 is 2.90 bits per heavy atom. The lowest BCUT2D eigenvalue weighted by molar-refractivity contribution is -0.119. The summed E-state index contributed by atoms with van der Waals surface area (Å²) in [4.78, 5) is 22.7. The fourth-order valence-electron chi connectivity index (χ4n) is 3.61. The number of fused-ring (bicyclic) bond motifs is 1. The van der Waals surface area contributed by atoms with Crippen LogP contribution in [0.25, 0.3) is 11.0 Å². The molecule has 7 heteroatoms. The van der Waals surface area contributed by atoms with Gasteiger partial charge in [-0.15, -0.1) is 11.8 Å². The van der Waals surface area contributed by atoms with Gasteiger partial charge in [0.2, 0.25) is 5.91 Å². The number of hydrogen-bond donors (Lipinski definition) is 2. The van der Waals surface area contributed by atoms with Crippen molar-refractivity contribution in [1.82, 2.24) is 20.2 Å². The molecule has 0 radical (unpaired) electrons. The predicted octanol–water partition coefficient (Wildman–Crippen LogP) is 3.37. The molecule has 0 aliphatic carbocycles. The average Bonchev–Trinajstić information content (AvgIpc) is 3.21. The molecule has 0 bridgehead atoms. The zero-order chi connectivity index (χ0) is 20.8. The number of thioether (sulfide) groups is 1. The Hall–Kier alpha value is -2.35. The van der Waals surface area contributed by atoms with E-state index in [1.807, 2.05) is 30.3 Å². The van der Waals surface area contributed by atoms with Crippen molar-refractivity contribution in [3.05, 3.63) is 66.0 Å². The number of benzene rings is 2. The van der Waals surface area contributed by atoms with E-state index in [9.17, 15) is 4.79 Å². The summed E-state index contributed by atoms with van der Waals surface area (Å²) in [6, 6.07) is 18.4. The van der Waals surface area contributed by atoms with Crippen molar-refractivity contribution in [3.8, 4) is 0 Å². The first kappa shape index (κ1) is 20.9. The molecular formula is C23H28N4O2S. The van der Waals surface area contributed by atoms with Crippen LogP contribution in [0.1, 0.15) is 23.6 Å². The molecule has 2 unspecified atom stereocenters. The molecule has 2 heterocycles. The molecule has 1 fully saturated rings. The highest BCUT2D eigenvalue weighted by Gasteiger charge is 2.21. The molecule has 1 aromatic heterocycles. The maximum absolute atomic E-state index is 12.3. The van der Waals surface area contributed by atoms with Gasteiger partial charge in [0, 0.05) is 26.2 Å². The Kier molecular flexibility index (Phi) is 7.04. The van der Waals surface area contributed by atoms with Crippen LogP contribution in [0, 0.1) is 0 Å². The highest BCUT2D eigenvalue weighted by atomic mass is 32.2. The van der Waals surface area contributed by atoms with Crippen LogP contribution in [0.3, 0.4) is 0 Å². The number of aromatic nitrogens is 2. The first-order valence-corrected chi connectivity index (χ1v) is 11.4. The Morgan fingerprint density at radius 1 is 1.27 bits per heavy atom. The smallest absolute Gasteiger partial charge is 0.230 e. The lowest BCUT2D eigenvalue weighted by Gasteiger charge is -2.33. The van der Waals surface area contributed by atoms with Gasteiger partial charge < -0.3 is 15.0 Å². The van der Waals surface area contributed by atoms with E-state index in [2.05, 4.69) is 51.4 Å². The van der Waals surface area contributed by atoms with Crippen molar-refractivity contribution < 1.29 is 9.53 Å². The maximum atomic E-state index is 12.3. The van der Waals surface area contributed by atoms with Crippen LogP contribution in [0.5, 0.6) is 0 Å². The first-order chi connectivity index (χ1) is 14.7. The normalized spacial score (nSPS) is 18.4. The fraction of sp³-hybridized carbons (Fsp3) is 0.391. The van der Waals surface area contributed by atoms with E-state index in [-0.39, 0.29) is 17.3 Å². The van der Waals surface area contributed by atoms with Crippen LogP contribution in [-0.4, -0.2) is 58.9 Å². The Balaban J connectivity index is 1.19.